The summed E-state index contributed by atoms with van der Waals surface area (Å²) in [5.74, 6) is 0. The molecule has 0 aromatic heterocycles. The summed E-state index contributed by atoms with van der Waals surface area (Å²) < 4.78 is 0. The van der Waals surface area contributed by atoms with Crippen molar-refractivity contribution in [1.82, 2.24) is 0 Å². The van der Waals surface area contributed by atoms with Crippen LogP contribution < -0.4 is 5.73 Å². The Morgan fingerprint density at radius 2 is 1.67 bits per heavy atom. The molecule has 0 saturated heterocycles. The van der Waals surface area contributed by atoms with Crippen molar-refractivity contribution < 1.29 is 0 Å². The van der Waals surface area contributed by atoms with Gasteiger partial charge in [-0.05, 0) is 35.6 Å². The number of nitrogens with two attached hydrogens (primary N) is 1. The van der Waals surface area contributed by atoms with Gasteiger partial charge in [0.2, 0.25) is 0 Å². The average Bonchev–Trinajstić information content (AvgIpc) is 2.30. The molecule has 1 rings (SSSR count). The summed E-state index contributed by atoms with van der Waals surface area (Å²) in [5, 5.41) is 0. The van der Waals surface area contributed by atoms with Gasteiger partial charge in [0, 0.05) is 0 Å². The lowest BCUT2D eigenvalue weighted by Crippen LogP contribution is -2.26. The molecular formula is C11H23N. The molecule has 0 heterocycles. The molecule has 0 radical (unpaired) electrons. The predicted molar refractivity (Wildman–Crippen MR) is 54.0 cm³/mol. The summed E-state index contributed by atoms with van der Waals surface area (Å²) in [6.07, 6.45) is 2.58. The molecule has 0 aromatic carbocycles. The Morgan fingerprint density at radius 3 is 1.75 bits per heavy atom. The maximum Gasteiger partial charge on any atom is -0.00150 e. The molecule has 1 fully saturated rings. The Bertz CT molecular complexity index is 176. The van der Waals surface area contributed by atoms with Gasteiger partial charge in [0.25, 0.3) is 0 Å². The van der Waals surface area contributed by atoms with Crippen LogP contribution in [0.5, 0.6) is 0 Å². The van der Waals surface area contributed by atoms with Crippen molar-refractivity contribution in [1.29, 1.82) is 0 Å². The van der Waals surface area contributed by atoms with Crippen molar-refractivity contribution in [3.8, 4) is 0 Å². The molecule has 12 heavy (non-hydrogen) atoms. The van der Waals surface area contributed by atoms with E-state index < -0.39 is 0 Å². The quantitative estimate of drug-likeness (QED) is 0.676. The van der Waals surface area contributed by atoms with Gasteiger partial charge in [-0.15, -0.1) is 0 Å². The van der Waals surface area contributed by atoms with E-state index in [1.807, 2.05) is 0 Å². The Kier molecular flexibility index (Phi) is 2.07. The zero-order valence-electron chi connectivity index (χ0n) is 9.20. The van der Waals surface area contributed by atoms with Gasteiger partial charge in [0.15, 0.2) is 0 Å². The van der Waals surface area contributed by atoms with Crippen LogP contribution in [0.15, 0.2) is 0 Å². The van der Waals surface area contributed by atoms with E-state index in [0.717, 1.165) is 6.54 Å². The first-order valence-electron chi connectivity index (χ1n) is 4.93. The van der Waals surface area contributed by atoms with Crippen molar-refractivity contribution in [3.63, 3.8) is 0 Å². The van der Waals surface area contributed by atoms with Crippen molar-refractivity contribution >= 4 is 0 Å². The highest BCUT2D eigenvalue weighted by molar-refractivity contribution is 5.11. The average molecular weight is 169 g/mol. The third-order valence-corrected chi connectivity index (χ3v) is 3.35. The normalized spacial score (nSPS) is 33.5. The van der Waals surface area contributed by atoms with Crippen molar-refractivity contribution in [3.05, 3.63) is 0 Å². The number of hydrogen-bond donors (Lipinski definition) is 1. The van der Waals surface area contributed by atoms with Gasteiger partial charge in [-0.25, -0.2) is 0 Å². The van der Waals surface area contributed by atoms with Crippen molar-refractivity contribution in [2.45, 2.75) is 47.5 Å². The van der Waals surface area contributed by atoms with E-state index in [1.54, 1.807) is 0 Å². The van der Waals surface area contributed by atoms with Crippen LogP contribution in [-0.4, -0.2) is 6.54 Å². The summed E-state index contributed by atoms with van der Waals surface area (Å²) >= 11 is 0. The van der Waals surface area contributed by atoms with Gasteiger partial charge < -0.3 is 5.73 Å². The summed E-state index contributed by atoms with van der Waals surface area (Å²) in [6, 6.07) is 0. The van der Waals surface area contributed by atoms with Gasteiger partial charge >= 0.3 is 0 Å². The van der Waals surface area contributed by atoms with Crippen molar-refractivity contribution in [2.75, 3.05) is 6.54 Å². The molecule has 1 aliphatic rings. The number of rotatable bonds is 2. The van der Waals surface area contributed by atoms with Crippen LogP contribution in [0.3, 0.4) is 0 Å². The number of hydrogen-bond acceptors (Lipinski definition) is 1. The third-order valence-electron chi connectivity index (χ3n) is 3.35. The third kappa shape index (κ3) is 1.66. The molecule has 0 amide bonds. The van der Waals surface area contributed by atoms with E-state index in [4.69, 9.17) is 5.73 Å². The minimum absolute atomic E-state index is 0.424. The highest BCUT2D eigenvalue weighted by Gasteiger charge is 2.60. The summed E-state index contributed by atoms with van der Waals surface area (Å²) in [5.41, 5.74) is 7.22. The van der Waals surface area contributed by atoms with Gasteiger partial charge in [-0.2, -0.15) is 0 Å². The highest BCUT2D eigenvalue weighted by Crippen LogP contribution is 2.66. The van der Waals surface area contributed by atoms with E-state index >= 15 is 0 Å². The van der Waals surface area contributed by atoms with E-state index in [-0.39, 0.29) is 0 Å². The molecule has 1 unspecified atom stereocenters. The highest BCUT2D eigenvalue weighted by atomic mass is 14.7. The fourth-order valence-electron chi connectivity index (χ4n) is 2.54. The molecule has 0 bridgehead atoms. The summed E-state index contributed by atoms with van der Waals surface area (Å²) in [7, 11) is 0. The Hall–Kier alpha value is -0.0400. The molecule has 1 heteroatoms. The summed E-state index contributed by atoms with van der Waals surface area (Å²) in [4.78, 5) is 0. The van der Waals surface area contributed by atoms with Gasteiger partial charge in [0.1, 0.15) is 0 Å². The smallest absolute Gasteiger partial charge is 0.00150 e. The molecular weight excluding hydrogens is 146 g/mol. The largest absolute Gasteiger partial charge is 0.330 e. The van der Waals surface area contributed by atoms with Gasteiger partial charge in [-0.1, -0.05) is 34.6 Å². The summed E-state index contributed by atoms with van der Waals surface area (Å²) in [6.45, 7) is 12.4. The Morgan fingerprint density at radius 1 is 1.25 bits per heavy atom. The predicted octanol–water partition coefficient (Wildman–Crippen LogP) is 2.80. The molecule has 0 spiro atoms. The molecule has 0 aromatic rings. The van der Waals surface area contributed by atoms with Gasteiger partial charge in [-0.3, -0.25) is 0 Å². The Labute approximate surface area is 76.7 Å². The minimum Gasteiger partial charge on any atom is -0.330 e. The first-order valence-corrected chi connectivity index (χ1v) is 4.93. The SMILES string of the molecule is CC(C)(C)CC1(CN)CC1(C)C. The lowest BCUT2D eigenvalue weighted by atomic mass is 9.79. The molecule has 72 valence electrons. The second-order valence-corrected chi connectivity index (χ2v) is 6.28. The second kappa shape index (κ2) is 2.47. The second-order valence-electron chi connectivity index (χ2n) is 6.28. The fourth-order valence-corrected chi connectivity index (χ4v) is 2.54. The standard InChI is InChI=1S/C11H23N/c1-9(2,3)6-11(8-12)7-10(11,4)5/h6-8,12H2,1-5H3. The first kappa shape index (κ1) is 10.0. The lowest BCUT2D eigenvalue weighted by Gasteiger charge is -2.27. The fraction of sp³-hybridized carbons (Fsp3) is 1.00. The monoisotopic (exact) mass is 169 g/mol. The maximum atomic E-state index is 5.85. The van der Waals surface area contributed by atoms with Gasteiger partial charge in [0.05, 0.1) is 0 Å². The van der Waals surface area contributed by atoms with E-state index in [2.05, 4.69) is 34.6 Å². The van der Waals surface area contributed by atoms with E-state index in [9.17, 15) is 0 Å². The maximum absolute atomic E-state index is 5.85. The van der Waals surface area contributed by atoms with Crippen LogP contribution in [0.1, 0.15) is 47.5 Å². The van der Waals surface area contributed by atoms with Crippen LogP contribution in [0.2, 0.25) is 0 Å². The first-order chi connectivity index (χ1) is 5.22. The van der Waals surface area contributed by atoms with Crippen LogP contribution in [-0.2, 0) is 0 Å². The minimum atomic E-state index is 0.424. The molecule has 1 nitrogen and oxygen atoms in total. The van der Waals surface area contributed by atoms with E-state index in [0.29, 0.717) is 16.2 Å². The zero-order valence-corrected chi connectivity index (χ0v) is 9.20. The molecule has 1 aliphatic carbocycles. The molecule has 1 saturated carbocycles. The van der Waals surface area contributed by atoms with E-state index in [1.165, 1.54) is 12.8 Å². The van der Waals surface area contributed by atoms with Crippen LogP contribution in [0.25, 0.3) is 0 Å². The molecule has 0 aliphatic heterocycles. The zero-order chi connectivity index (χ0) is 9.62. The molecule has 1 atom stereocenters. The van der Waals surface area contributed by atoms with Crippen LogP contribution in [0, 0.1) is 16.2 Å². The Balaban J connectivity index is 2.62. The lowest BCUT2D eigenvalue weighted by molar-refractivity contribution is 0.240. The van der Waals surface area contributed by atoms with Crippen LogP contribution in [0.4, 0.5) is 0 Å². The topological polar surface area (TPSA) is 26.0 Å². The van der Waals surface area contributed by atoms with Crippen molar-refractivity contribution in [2.24, 2.45) is 22.0 Å². The molecule has 2 N–H and O–H groups in total. The van der Waals surface area contributed by atoms with Crippen LogP contribution >= 0.6 is 0 Å².